The maximum atomic E-state index is 11.2. The van der Waals surface area contributed by atoms with Gasteiger partial charge >= 0.3 is 0 Å². The van der Waals surface area contributed by atoms with Crippen molar-refractivity contribution >= 4 is 37.2 Å². The molecule has 0 bridgehead atoms. The van der Waals surface area contributed by atoms with Crippen LogP contribution in [0.1, 0.15) is 6.92 Å². The smallest absolute Gasteiger partial charge is 0.247 e. The number of ketones is 1. The molecule has 0 unspecified atom stereocenters. The Bertz CT molecular complexity index is 703. The highest BCUT2D eigenvalue weighted by Gasteiger charge is 2.12. The average Bonchev–Trinajstić information content (AvgIpc) is 2.68. The van der Waals surface area contributed by atoms with Crippen LogP contribution in [0.5, 0.6) is 5.75 Å². The topological polar surface area (TPSA) is 86.5 Å². The summed E-state index contributed by atoms with van der Waals surface area (Å²) in [7, 11) is -3.68. The number of carbonyl (C=O) groups excluding carboxylic acids is 1. The lowest BCUT2D eigenvalue weighted by atomic mass is 10.2. The molecule has 0 aliphatic carbocycles. The highest BCUT2D eigenvalue weighted by molar-refractivity contribution is 7.91. The largest absolute Gasteiger partial charge is 0.486 e. The van der Waals surface area contributed by atoms with Crippen molar-refractivity contribution in [2.75, 3.05) is 6.61 Å². The van der Waals surface area contributed by atoms with Crippen LogP contribution in [0.4, 0.5) is 0 Å². The van der Waals surface area contributed by atoms with Gasteiger partial charge in [-0.15, -0.1) is 11.3 Å². The first-order chi connectivity index (χ1) is 8.36. The Morgan fingerprint density at radius 3 is 2.72 bits per heavy atom. The van der Waals surface area contributed by atoms with Crippen molar-refractivity contribution in [3.8, 4) is 5.75 Å². The fraction of sp³-hybridized carbons (Fsp3) is 0.182. The van der Waals surface area contributed by atoms with Crippen LogP contribution in [0, 0.1) is 0 Å². The highest BCUT2D eigenvalue weighted by Crippen LogP contribution is 2.31. The maximum Gasteiger partial charge on any atom is 0.247 e. The lowest BCUT2D eigenvalue weighted by Crippen LogP contribution is -2.09. The first kappa shape index (κ1) is 13.0. The molecule has 5 nitrogen and oxygen atoms in total. The maximum absolute atomic E-state index is 11.2. The molecule has 0 spiro atoms. The van der Waals surface area contributed by atoms with Crippen LogP contribution < -0.4 is 9.88 Å². The van der Waals surface area contributed by atoms with Crippen molar-refractivity contribution in [1.29, 1.82) is 0 Å². The van der Waals surface area contributed by atoms with Gasteiger partial charge in [0, 0.05) is 4.70 Å². The lowest BCUT2D eigenvalue weighted by Gasteiger charge is -2.02. The van der Waals surface area contributed by atoms with E-state index in [2.05, 4.69) is 0 Å². The summed E-state index contributed by atoms with van der Waals surface area (Å²) < 4.78 is 28.5. The number of hydrogen-bond donors (Lipinski definition) is 1. The Morgan fingerprint density at radius 2 is 2.11 bits per heavy atom. The minimum atomic E-state index is -3.68. The Balaban J connectivity index is 2.37. The van der Waals surface area contributed by atoms with E-state index in [1.165, 1.54) is 13.0 Å². The van der Waals surface area contributed by atoms with E-state index in [1.807, 2.05) is 0 Å². The van der Waals surface area contributed by atoms with Crippen molar-refractivity contribution < 1.29 is 17.9 Å². The van der Waals surface area contributed by atoms with E-state index < -0.39 is 10.0 Å². The molecule has 2 N–H and O–H groups in total. The molecule has 96 valence electrons. The van der Waals surface area contributed by atoms with Crippen LogP contribution >= 0.6 is 11.3 Å². The second kappa shape index (κ2) is 4.68. The fourth-order valence-corrected chi connectivity index (χ4v) is 3.25. The van der Waals surface area contributed by atoms with Gasteiger partial charge in [-0.1, -0.05) is 0 Å². The highest BCUT2D eigenvalue weighted by atomic mass is 32.2. The summed E-state index contributed by atoms with van der Waals surface area (Å²) in [5.74, 6) is 0.451. The number of thiophene rings is 1. The van der Waals surface area contributed by atoms with Crippen molar-refractivity contribution in [2.24, 2.45) is 5.14 Å². The van der Waals surface area contributed by atoms with Gasteiger partial charge in [0.2, 0.25) is 10.0 Å². The van der Waals surface area contributed by atoms with Crippen LogP contribution in [-0.2, 0) is 14.8 Å². The number of Topliss-reactive ketones (excluding diaryl/α,β-unsaturated/α-hetero) is 1. The average molecular weight is 285 g/mol. The molecule has 0 radical (unpaired) electrons. The quantitative estimate of drug-likeness (QED) is 0.922. The van der Waals surface area contributed by atoms with Gasteiger partial charge in [-0.05, 0) is 36.6 Å². The van der Waals surface area contributed by atoms with Crippen molar-refractivity contribution in [1.82, 2.24) is 0 Å². The molecule has 0 fully saturated rings. The minimum Gasteiger partial charge on any atom is -0.486 e. The molecule has 2 rings (SSSR count). The second-order valence-electron chi connectivity index (χ2n) is 3.80. The van der Waals surface area contributed by atoms with Gasteiger partial charge in [0.15, 0.2) is 5.78 Å². The van der Waals surface area contributed by atoms with Crippen LogP contribution in [0.3, 0.4) is 0 Å². The third-order valence-corrected chi connectivity index (χ3v) is 4.71. The molecule has 2 aromatic rings. The molecule has 0 atom stereocenters. The van der Waals surface area contributed by atoms with Crippen LogP contribution in [0.25, 0.3) is 10.1 Å². The monoisotopic (exact) mass is 285 g/mol. The Hall–Kier alpha value is -1.44. The van der Waals surface area contributed by atoms with E-state index in [0.717, 1.165) is 21.4 Å². The number of carbonyl (C=O) groups is 1. The van der Waals surface area contributed by atoms with E-state index in [-0.39, 0.29) is 16.6 Å². The van der Waals surface area contributed by atoms with Crippen LogP contribution in [-0.4, -0.2) is 20.8 Å². The number of rotatable bonds is 4. The van der Waals surface area contributed by atoms with Crippen LogP contribution in [0.15, 0.2) is 28.5 Å². The zero-order valence-electron chi connectivity index (χ0n) is 9.54. The van der Waals surface area contributed by atoms with Crippen molar-refractivity contribution in [3.63, 3.8) is 0 Å². The van der Waals surface area contributed by atoms with Gasteiger partial charge in [-0.25, -0.2) is 13.6 Å². The summed E-state index contributed by atoms with van der Waals surface area (Å²) in [6.07, 6.45) is 0. The first-order valence-electron chi connectivity index (χ1n) is 5.05. The minimum absolute atomic E-state index is 0.00106. The van der Waals surface area contributed by atoms with Gasteiger partial charge < -0.3 is 4.74 Å². The zero-order valence-corrected chi connectivity index (χ0v) is 11.2. The molecule has 1 aromatic heterocycles. The van der Waals surface area contributed by atoms with Gasteiger partial charge in [-0.2, -0.15) is 0 Å². The number of nitrogens with two attached hydrogens (primary N) is 1. The summed E-state index contributed by atoms with van der Waals surface area (Å²) >= 11 is 1.07. The molecule has 18 heavy (non-hydrogen) atoms. The third-order valence-electron chi connectivity index (χ3n) is 2.19. The van der Waals surface area contributed by atoms with E-state index in [9.17, 15) is 13.2 Å². The van der Waals surface area contributed by atoms with Crippen LogP contribution in [0.2, 0.25) is 0 Å². The normalized spacial score (nSPS) is 11.7. The van der Waals surface area contributed by atoms with Crippen molar-refractivity contribution in [3.05, 3.63) is 24.3 Å². The molecule has 0 amide bonds. The van der Waals surface area contributed by atoms with E-state index >= 15 is 0 Å². The molecule has 1 heterocycles. The number of primary sulfonamides is 1. The van der Waals surface area contributed by atoms with Gasteiger partial charge in [-0.3, -0.25) is 4.79 Å². The lowest BCUT2D eigenvalue weighted by molar-refractivity contribution is -0.118. The third kappa shape index (κ3) is 2.87. The number of ether oxygens (including phenoxy) is 1. The molecule has 1 aromatic carbocycles. The van der Waals surface area contributed by atoms with Gasteiger partial charge in [0.25, 0.3) is 0 Å². The SMILES string of the molecule is CC(=O)COc1ccc2cc(S(N)(=O)=O)sc2c1. The fourth-order valence-electron chi connectivity index (χ4n) is 1.40. The molecular formula is C11H11NO4S2. The number of benzene rings is 1. The summed E-state index contributed by atoms with van der Waals surface area (Å²) in [5, 5.41) is 5.84. The summed E-state index contributed by atoms with van der Waals surface area (Å²) in [5.41, 5.74) is 0. The van der Waals surface area contributed by atoms with Gasteiger partial charge in [0.1, 0.15) is 16.6 Å². The molecule has 0 aliphatic rings. The Kier molecular flexibility index (Phi) is 3.38. The summed E-state index contributed by atoms with van der Waals surface area (Å²) in [6.45, 7) is 1.43. The first-order valence-corrected chi connectivity index (χ1v) is 7.41. The molecular weight excluding hydrogens is 274 g/mol. The molecule has 7 heteroatoms. The van der Waals surface area contributed by atoms with Gasteiger partial charge in [0.05, 0.1) is 0 Å². The predicted molar refractivity (Wildman–Crippen MR) is 69.4 cm³/mol. The van der Waals surface area contributed by atoms with E-state index in [0.29, 0.717) is 5.75 Å². The Morgan fingerprint density at radius 1 is 1.39 bits per heavy atom. The Labute approximate surface area is 108 Å². The number of sulfonamides is 1. The standard InChI is InChI=1S/C11H11NO4S2/c1-7(13)6-16-9-3-2-8-4-11(18(12,14)15)17-10(8)5-9/h2-5H,6H2,1H3,(H2,12,14,15). The number of fused-ring (bicyclic) bond motifs is 1. The zero-order chi connectivity index (χ0) is 13.3. The molecule has 0 saturated carbocycles. The predicted octanol–water partition coefficient (Wildman–Crippen LogP) is 1.52. The summed E-state index contributed by atoms with van der Waals surface area (Å²) in [6, 6.07) is 6.63. The molecule has 0 saturated heterocycles. The van der Waals surface area contributed by atoms with E-state index in [4.69, 9.17) is 9.88 Å². The molecule has 0 aliphatic heterocycles. The number of hydrogen-bond acceptors (Lipinski definition) is 5. The second-order valence-corrected chi connectivity index (χ2v) is 6.67. The van der Waals surface area contributed by atoms with Crippen molar-refractivity contribution in [2.45, 2.75) is 11.1 Å². The van der Waals surface area contributed by atoms with E-state index in [1.54, 1.807) is 18.2 Å². The summed E-state index contributed by atoms with van der Waals surface area (Å²) in [4.78, 5) is 10.8.